The number of ketones is 1. The van der Waals surface area contributed by atoms with Crippen molar-refractivity contribution in [2.45, 2.75) is 58.0 Å². The molecule has 14 heavy (non-hydrogen) atoms. The fraction of sp³-hybridized carbons (Fsp3) is 0.917. The van der Waals surface area contributed by atoms with Gasteiger partial charge in [0, 0.05) is 18.0 Å². The van der Waals surface area contributed by atoms with Gasteiger partial charge >= 0.3 is 0 Å². The van der Waals surface area contributed by atoms with Crippen LogP contribution in [0.25, 0.3) is 0 Å². The van der Waals surface area contributed by atoms with E-state index in [1.807, 2.05) is 0 Å². The molecule has 2 atom stereocenters. The van der Waals surface area contributed by atoms with Crippen molar-refractivity contribution >= 4 is 5.78 Å². The van der Waals surface area contributed by atoms with Crippen molar-refractivity contribution in [2.24, 2.45) is 5.92 Å². The minimum Gasteiger partial charge on any atom is -0.298 e. The summed E-state index contributed by atoms with van der Waals surface area (Å²) < 4.78 is 0. The van der Waals surface area contributed by atoms with Gasteiger partial charge in [0.05, 0.1) is 6.54 Å². The molecule has 1 aliphatic carbocycles. The third-order valence-electron chi connectivity index (χ3n) is 3.75. The number of nitrogens with zero attached hydrogens (tertiary/aromatic N) is 1. The molecule has 0 unspecified atom stereocenters. The highest BCUT2D eigenvalue weighted by atomic mass is 16.1. The van der Waals surface area contributed by atoms with Crippen molar-refractivity contribution < 1.29 is 4.79 Å². The van der Waals surface area contributed by atoms with E-state index in [2.05, 4.69) is 18.7 Å². The topological polar surface area (TPSA) is 20.3 Å². The van der Waals surface area contributed by atoms with Gasteiger partial charge in [-0.1, -0.05) is 6.42 Å². The van der Waals surface area contributed by atoms with Crippen LogP contribution in [0.4, 0.5) is 0 Å². The standard InChI is InChI=1S/C12H21NO/c1-9-4-3-5-10(2)13(9)8-12(14)11-6-7-11/h9-11H,3-8H2,1-2H3/t9-,10+. The molecule has 2 heteroatoms. The molecule has 0 spiro atoms. The monoisotopic (exact) mass is 195 g/mol. The summed E-state index contributed by atoms with van der Waals surface area (Å²) in [7, 11) is 0. The number of carbonyl (C=O) groups is 1. The summed E-state index contributed by atoms with van der Waals surface area (Å²) in [5, 5.41) is 0. The van der Waals surface area contributed by atoms with Gasteiger partial charge in [0.25, 0.3) is 0 Å². The maximum absolute atomic E-state index is 11.7. The first-order valence-corrected chi connectivity index (χ1v) is 5.97. The number of likely N-dealkylation sites (tertiary alicyclic amines) is 1. The van der Waals surface area contributed by atoms with Gasteiger partial charge in [-0.15, -0.1) is 0 Å². The lowest BCUT2D eigenvalue weighted by atomic mass is 9.97. The summed E-state index contributed by atoms with van der Waals surface area (Å²) in [5.41, 5.74) is 0. The number of hydrogen-bond donors (Lipinski definition) is 0. The Morgan fingerprint density at radius 2 is 1.71 bits per heavy atom. The van der Waals surface area contributed by atoms with Crippen LogP contribution in [0.5, 0.6) is 0 Å². The highest BCUT2D eigenvalue weighted by Crippen LogP contribution is 2.31. The fourth-order valence-electron chi connectivity index (χ4n) is 2.50. The van der Waals surface area contributed by atoms with E-state index in [1.54, 1.807) is 0 Å². The molecule has 1 aliphatic heterocycles. The second kappa shape index (κ2) is 4.01. The molecule has 0 aromatic carbocycles. The molecule has 1 saturated carbocycles. The summed E-state index contributed by atoms with van der Waals surface area (Å²) in [6, 6.07) is 1.22. The number of carbonyl (C=O) groups excluding carboxylic acids is 1. The quantitative estimate of drug-likeness (QED) is 0.688. The van der Waals surface area contributed by atoms with Crippen molar-refractivity contribution in [3.05, 3.63) is 0 Å². The van der Waals surface area contributed by atoms with Crippen LogP contribution in [0.2, 0.25) is 0 Å². The van der Waals surface area contributed by atoms with E-state index in [0.717, 1.165) is 12.8 Å². The molecule has 1 saturated heterocycles. The van der Waals surface area contributed by atoms with Crippen LogP contribution in [-0.2, 0) is 4.79 Å². The third-order valence-corrected chi connectivity index (χ3v) is 3.75. The van der Waals surface area contributed by atoms with Crippen LogP contribution in [0, 0.1) is 5.92 Å². The van der Waals surface area contributed by atoms with Gasteiger partial charge < -0.3 is 0 Å². The van der Waals surface area contributed by atoms with Gasteiger partial charge in [0.2, 0.25) is 0 Å². The lowest BCUT2D eigenvalue weighted by molar-refractivity contribution is -0.123. The number of piperidine rings is 1. The summed E-state index contributed by atoms with van der Waals surface area (Å²) in [6.45, 7) is 5.23. The molecule has 0 radical (unpaired) electrons. The predicted molar refractivity (Wildman–Crippen MR) is 57.2 cm³/mol. The molecule has 2 nitrogen and oxygen atoms in total. The van der Waals surface area contributed by atoms with Crippen molar-refractivity contribution in [3.63, 3.8) is 0 Å². The zero-order chi connectivity index (χ0) is 10.1. The van der Waals surface area contributed by atoms with Crippen molar-refractivity contribution in [1.29, 1.82) is 0 Å². The Labute approximate surface area is 86.7 Å². The summed E-state index contributed by atoms with van der Waals surface area (Å²) >= 11 is 0. The van der Waals surface area contributed by atoms with Gasteiger partial charge in [0.1, 0.15) is 5.78 Å². The first-order valence-electron chi connectivity index (χ1n) is 5.97. The molecule has 0 N–H and O–H groups in total. The lowest BCUT2D eigenvalue weighted by Gasteiger charge is -2.38. The van der Waals surface area contributed by atoms with Gasteiger partial charge in [-0.05, 0) is 39.5 Å². The Morgan fingerprint density at radius 1 is 1.14 bits per heavy atom. The maximum atomic E-state index is 11.7. The third kappa shape index (κ3) is 2.17. The lowest BCUT2D eigenvalue weighted by Crippen LogP contribution is -2.46. The number of hydrogen-bond acceptors (Lipinski definition) is 2. The van der Waals surface area contributed by atoms with E-state index in [4.69, 9.17) is 0 Å². The summed E-state index contributed by atoms with van der Waals surface area (Å²) in [4.78, 5) is 14.1. The van der Waals surface area contributed by atoms with E-state index in [0.29, 0.717) is 30.3 Å². The average Bonchev–Trinajstić information content (AvgIpc) is 2.94. The average molecular weight is 195 g/mol. The minimum atomic E-state index is 0.427. The van der Waals surface area contributed by atoms with E-state index in [-0.39, 0.29) is 0 Å². The second-order valence-corrected chi connectivity index (χ2v) is 5.04. The Bertz CT molecular complexity index is 212. The first-order chi connectivity index (χ1) is 6.68. The van der Waals surface area contributed by atoms with Crippen LogP contribution in [0.1, 0.15) is 46.0 Å². The number of rotatable bonds is 3. The molecule has 0 amide bonds. The first kappa shape index (κ1) is 10.2. The van der Waals surface area contributed by atoms with Crippen molar-refractivity contribution in [2.75, 3.05) is 6.54 Å². The maximum Gasteiger partial charge on any atom is 0.149 e. The van der Waals surface area contributed by atoms with Crippen LogP contribution >= 0.6 is 0 Å². The Balaban J connectivity index is 1.89. The Kier molecular flexibility index (Phi) is 2.91. The molecule has 2 rings (SSSR count). The van der Waals surface area contributed by atoms with Crippen molar-refractivity contribution in [3.8, 4) is 0 Å². The molecule has 0 aromatic rings. The zero-order valence-electron chi connectivity index (χ0n) is 9.33. The van der Waals surface area contributed by atoms with E-state index >= 15 is 0 Å². The van der Waals surface area contributed by atoms with Crippen LogP contribution in [-0.4, -0.2) is 29.3 Å². The van der Waals surface area contributed by atoms with Gasteiger partial charge in [-0.3, -0.25) is 9.69 Å². The van der Waals surface area contributed by atoms with Gasteiger partial charge in [-0.25, -0.2) is 0 Å². The van der Waals surface area contributed by atoms with E-state index in [9.17, 15) is 4.79 Å². The molecule has 80 valence electrons. The fourth-order valence-corrected chi connectivity index (χ4v) is 2.50. The smallest absolute Gasteiger partial charge is 0.149 e. The molecule has 1 heterocycles. The summed E-state index contributed by atoms with van der Waals surface area (Å²) in [5.74, 6) is 0.918. The zero-order valence-corrected chi connectivity index (χ0v) is 9.33. The molecule has 2 fully saturated rings. The predicted octanol–water partition coefficient (Wildman–Crippen LogP) is 2.23. The van der Waals surface area contributed by atoms with Crippen LogP contribution < -0.4 is 0 Å². The highest BCUT2D eigenvalue weighted by molar-refractivity contribution is 5.85. The van der Waals surface area contributed by atoms with E-state index in [1.165, 1.54) is 19.3 Å². The summed E-state index contributed by atoms with van der Waals surface area (Å²) in [6.07, 6.45) is 6.16. The minimum absolute atomic E-state index is 0.427. The molecular formula is C12H21NO. The number of Topliss-reactive ketones (excluding diaryl/α,β-unsaturated/α-hetero) is 1. The largest absolute Gasteiger partial charge is 0.298 e. The van der Waals surface area contributed by atoms with Gasteiger partial charge in [0.15, 0.2) is 0 Å². The SMILES string of the molecule is C[C@@H]1CCC[C@H](C)N1CC(=O)C1CC1. The van der Waals surface area contributed by atoms with Gasteiger partial charge in [-0.2, -0.15) is 0 Å². The molecule has 0 aromatic heterocycles. The van der Waals surface area contributed by atoms with Crippen LogP contribution in [0.3, 0.4) is 0 Å². The highest BCUT2D eigenvalue weighted by Gasteiger charge is 2.33. The second-order valence-electron chi connectivity index (χ2n) is 5.04. The van der Waals surface area contributed by atoms with Crippen LogP contribution in [0.15, 0.2) is 0 Å². The van der Waals surface area contributed by atoms with E-state index < -0.39 is 0 Å². The molecular weight excluding hydrogens is 174 g/mol. The van der Waals surface area contributed by atoms with Crippen molar-refractivity contribution in [1.82, 2.24) is 4.90 Å². The Morgan fingerprint density at radius 3 is 2.21 bits per heavy atom. The molecule has 0 bridgehead atoms. The normalized spacial score (nSPS) is 34.4. The molecule has 2 aliphatic rings. The Hall–Kier alpha value is -0.370.